The Kier molecular flexibility index (Phi) is 15.9. The molecule has 9 aromatic carbocycles. The molecule has 0 saturated heterocycles. The number of aromatic nitrogens is 2. The van der Waals surface area contributed by atoms with E-state index in [0.717, 1.165) is 0 Å². The minimum Gasteiger partial charge on any atom is -0.309 e. The molecule has 88 heavy (non-hydrogen) atoms. The summed E-state index contributed by atoms with van der Waals surface area (Å²) in [5.74, 6) is -0.602. The monoisotopic (exact) mass is 1200 g/mol. The highest BCUT2D eigenvalue weighted by Crippen LogP contribution is 2.47. The standard InChI is InChI=1S/C70H42F12N4O2/c71-67(72,73)55-31-53(32-56(39-55)68(74,75)76)51-29-49(43-15-19-47(20-16-43)65(87)45-9-3-1-4-10-45)35-63(37-51)85(61-13-7-27-83-41-61)59-23-25-60(26-24-59)86(62-14-8-28-84-42-62)64-36-50(44-17-21-48(22-18-44)66(88)46-11-5-2-6-12-46)30-52(38-64)54-33-57(69(77,78)79)40-58(34-54)70(80,81)82/h1-42H. The fraction of sp³-hybridized carbons (Fsp3) is 0.0571. The number of alkyl halides is 12. The van der Waals surface area contributed by atoms with Gasteiger partial charge in [-0.1, -0.05) is 109 Å². The number of halogens is 12. The van der Waals surface area contributed by atoms with Crippen LogP contribution in [0.5, 0.6) is 0 Å². The molecule has 0 saturated carbocycles. The molecule has 0 N–H and O–H groups in total. The molecule has 0 atom stereocenters. The number of pyridine rings is 2. The molecule has 438 valence electrons. The molecule has 0 spiro atoms. The summed E-state index contributed by atoms with van der Waals surface area (Å²) < 4.78 is 174. The van der Waals surface area contributed by atoms with Gasteiger partial charge in [-0.3, -0.25) is 19.6 Å². The maximum atomic E-state index is 14.5. The maximum Gasteiger partial charge on any atom is 0.416 e. The first-order valence-electron chi connectivity index (χ1n) is 26.8. The van der Waals surface area contributed by atoms with Gasteiger partial charge in [-0.15, -0.1) is 0 Å². The Morgan fingerprint density at radius 3 is 0.830 bits per heavy atom. The van der Waals surface area contributed by atoms with Crippen LogP contribution in [0.25, 0.3) is 44.5 Å². The number of anilines is 6. The van der Waals surface area contributed by atoms with Crippen molar-refractivity contribution in [2.45, 2.75) is 24.7 Å². The molecule has 0 fully saturated rings. The quantitative estimate of drug-likeness (QED) is 0.0798. The molecule has 6 nitrogen and oxygen atoms in total. The Bertz CT molecular complexity index is 3990. The first-order chi connectivity index (χ1) is 41.9. The highest BCUT2D eigenvalue weighted by Gasteiger charge is 2.39. The molecule has 2 aromatic heterocycles. The molecule has 0 aliphatic rings. The zero-order valence-corrected chi connectivity index (χ0v) is 45.4. The third-order valence-corrected chi connectivity index (χ3v) is 14.4. The Balaban J connectivity index is 1.07. The van der Waals surface area contributed by atoms with E-state index in [-0.39, 0.29) is 46.2 Å². The molecule has 0 aliphatic heterocycles. The average molecular weight is 1200 g/mol. The molecule has 2 heterocycles. The van der Waals surface area contributed by atoms with Crippen molar-refractivity contribution in [1.82, 2.24) is 9.97 Å². The second-order valence-corrected chi connectivity index (χ2v) is 20.3. The van der Waals surface area contributed by atoms with Crippen molar-refractivity contribution >= 4 is 45.7 Å². The summed E-state index contributed by atoms with van der Waals surface area (Å²) in [6.07, 6.45) is -14.8. The van der Waals surface area contributed by atoms with Crippen molar-refractivity contribution < 1.29 is 62.3 Å². The van der Waals surface area contributed by atoms with Crippen LogP contribution in [0.15, 0.2) is 255 Å². The molecule has 0 amide bonds. The van der Waals surface area contributed by atoms with Gasteiger partial charge in [-0.2, -0.15) is 52.7 Å². The lowest BCUT2D eigenvalue weighted by Crippen LogP contribution is -2.13. The highest BCUT2D eigenvalue weighted by atomic mass is 19.4. The zero-order chi connectivity index (χ0) is 62.1. The van der Waals surface area contributed by atoms with Crippen LogP contribution in [-0.4, -0.2) is 21.5 Å². The van der Waals surface area contributed by atoms with Crippen LogP contribution in [0, 0.1) is 0 Å². The van der Waals surface area contributed by atoms with Crippen molar-refractivity contribution in [3.63, 3.8) is 0 Å². The molecule has 11 aromatic rings. The van der Waals surface area contributed by atoms with Gasteiger partial charge >= 0.3 is 24.7 Å². The van der Waals surface area contributed by atoms with E-state index in [0.29, 0.717) is 91.5 Å². The minimum absolute atomic E-state index is 0.0364. The predicted molar refractivity (Wildman–Crippen MR) is 313 cm³/mol. The van der Waals surface area contributed by atoms with Crippen LogP contribution in [0.4, 0.5) is 86.8 Å². The van der Waals surface area contributed by atoms with Gasteiger partial charge in [0, 0.05) is 57.4 Å². The Morgan fingerprint density at radius 1 is 0.261 bits per heavy atom. The fourth-order valence-corrected chi connectivity index (χ4v) is 10.1. The average Bonchev–Trinajstić information content (AvgIpc) is 0.900. The number of rotatable bonds is 14. The highest BCUT2D eigenvalue weighted by molar-refractivity contribution is 6.10. The topological polar surface area (TPSA) is 66.4 Å². The Morgan fingerprint density at radius 2 is 0.545 bits per heavy atom. The van der Waals surface area contributed by atoms with E-state index in [1.807, 2.05) is 0 Å². The van der Waals surface area contributed by atoms with Gasteiger partial charge in [-0.25, -0.2) is 0 Å². The van der Waals surface area contributed by atoms with E-state index in [1.165, 1.54) is 49.1 Å². The normalized spacial score (nSPS) is 12.0. The van der Waals surface area contributed by atoms with E-state index in [9.17, 15) is 62.3 Å². The van der Waals surface area contributed by atoms with Crippen LogP contribution < -0.4 is 9.80 Å². The van der Waals surface area contributed by atoms with E-state index >= 15 is 0 Å². The summed E-state index contributed by atoms with van der Waals surface area (Å²) in [6.45, 7) is 0. The predicted octanol–water partition coefficient (Wildman–Crippen LogP) is 20.6. The van der Waals surface area contributed by atoms with Crippen molar-refractivity contribution in [1.29, 1.82) is 0 Å². The smallest absolute Gasteiger partial charge is 0.309 e. The van der Waals surface area contributed by atoms with Crippen LogP contribution >= 0.6 is 0 Å². The first-order valence-corrected chi connectivity index (χ1v) is 26.8. The third-order valence-electron chi connectivity index (χ3n) is 14.4. The molecular formula is C70H42F12N4O2. The van der Waals surface area contributed by atoms with Gasteiger partial charge < -0.3 is 9.80 Å². The number of hydrogen-bond donors (Lipinski definition) is 0. The van der Waals surface area contributed by atoms with Crippen molar-refractivity contribution in [3.8, 4) is 44.5 Å². The zero-order valence-electron chi connectivity index (χ0n) is 45.4. The van der Waals surface area contributed by atoms with Gasteiger partial charge in [-0.05, 0) is 166 Å². The molecular weight excluding hydrogens is 1160 g/mol. The maximum absolute atomic E-state index is 14.5. The van der Waals surface area contributed by atoms with E-state index < -0.39 is 58.1 Å². The van der Waals surface area contributed by atoms with Gasteiger partial charge in [0.1, 0.15) is 0 Å². The molecule has 0 radical (unpaired) electrons. The van der Waals surface area contributed by atoms with Crippen molar-refractivity contribution in [2.75, 3.05) is 9.80 Å². The number of carbonyl (C=O) groups is 2. The number of ketones is 2. The van der Waals surface area contributed by atoms with Crippen LogP contribution in [0.2, 0.25) is 0 Å². The Labute approximate surface area is 494 Å². The number of hydrogen-bond acceptors (Lipinski definition) is 6. The summed E-state index contributed by atoms with van der Waals surface area (Å²) in [7, 11) is 0. The number of benzene rings is 9. The Hall–Kier alpha value is -10.6. The molecule has 0 aliphatic carbocycles. The summed E-state index contributed by atoms with van der Waals surface area (Å²) in [6, 6.07) is 54.2. The molecule has 0 unspecified atom stereocenters. The van der Waals surface area contributed by atoms with E-state index in [2.05, 4.69) is 9.97 Å². The summed E-state index contributed by atoms with van der Waals surface area (Å²) in [5, 5.41) is 0. The van der Waals surface area contributed by atoms with Gasteiger partial charge in [0.25, 0.3) is 0 Å². The third kappa shape index (κ3) is 13.0. The largest absolute Gasteiger partial charge is 0.416 e. The fourth-order valence-electron chi connectivity index (χ4n) is 10.1. The van der Waals surface area contributed by atoms with Gasteiger partial charge in [0.15, 0.2) is 11.6 Å². The van der Waals surface area contributed by atoms with E-state index in [4.69, 9.17) is 0 Å². The van der Waals surface area contributed by atoms with Crippen LogP contribution in [-0.2, 0) is 24.7 Å². The van der Waals surface area contributed by atoms with Gasteiger partial charge in [0.05, 0.1) is 46.0 Å². The number of nitrogens with zero attached hydrogens (tertiary/aromatic N) is 4. The van der Waals surface area contributed by atoms with E-state index in [1.54, 1.807) is 180 Å². The molecule has 11 rings (SSSR count). The molecule has 0 bridgehead atoms. The SMILES string of the molecule is O=C(c1ccccc1)c1ccc(-c2cc(-c3cc(C(F)(F)F)cc(C(F)(F)F)c3)cc(N(c3ccc(N(c4cccnc4)c4cc(-c5ccc(C(=O)c6ccccc6)cc5)cc(-c5cc(C(F)(F)F)cc(C(F)(F)F)c5)c4)cc3)c3cccnc3)c2)cc1. The first kappa shape index (κ1) is 59.1. The molecule has 18 heteroatoms. The lowest BCUT2D eigenvalue weighted by molar-refractivity contribution is -0.144. The second-order valence-electron chi connectivity index (χ2n) is 20.3. The summed E-state index contributed by atoms with van der Waals surface area (Å²) >= 11 is 0. The van der Waals surface area contributed by atoms with Crippen LogP contribution in [0.1, 0.15) is 54.1 Å². The lowest BCUT2D eigenvalue weighted by atomic mass is 9.93. The second kappa shape index (κ2) is 23.7. The van der Waals surface area contributed by atoms with Crippen LogP contribution in [0.3, 0.4) is 0 Å². The van der Waals surface area contributed by atoms with Crippen molar-refractivity contribution in [3.05, 3.63) is 300 Å². The van der Waals surface area contributed by atoms with Gasteiger partial charge in [0.2, 0.25) is 0 Å². The summed E-state index contributed by atoms with van der Waals surface area (Å²) in [5.41, 5.74) is -2.30. The summed E-state index contributed by atoms with van der Waals surface area (Å²) in [4.78, 5) is 38.9. The van der Waals surface area contributed by atoms with Crippen molar-refractivity contribution in [2.24, 2.45) is 0 Å². The lowest BCUT2D eigenvalue weighted by Gasteiger charge is -2.29. The number of carbonyl (C=O) groups excluding carboxylic acids is 2. The minimum atomic E-state index is -5.18.